The molecule has 4 nitrogen and oxygen atoms in total. The Morgan fingerprint density at radius 2 is 1.95 bits per heavy atom. The number of imidazole rings is 1. The van der Waals surface area contributed by atoms with Gasteiger partial charge in [-0.15, -0.1) is 11.6 Å². The van der Waals surface area contributed by atoms with Crippen molar-refractivity contribution in [2.24, 2.45) is 7.05 Å². The molecule has 0 aliphatic heterocycles. The largest absolute Gasteiger partial charge is 0.280 e. The summed E-state index contributed by atoms with van der Waals surface area (Å²) in [5, 5.41) is 4.46. The number of benzene rings is 1. The average Bonchev–Trinajstić information content (AvgIpc) is 2.97. The first-order valence-corrected chi connectivity index (χ1v) is 6.94. The van der Waals surface area contributed by atoms with E-state index >= 15 is 0 Å². The van der Waals surface area contributed by atoms with Crippen molar-refractivity contribution in [3.63, 3.8) is 0 Å². The summed E-state index contributed by atoms with van der Waals surface area (Å²) >= 11 is 6.00. The molecule has 0 radical (unpaired) electrons. The lowest BCUT2D eigenvalue weighted by Gasteiger charge is -2.08. The highest BCUT2D eigenvalue weighted by Gasteiger charge is 2.18. The quantitative estimate of drug-likeness (QED) is 0.695. The molecule has 1 aromatic carbocycles. The van der Waals surface area contributed by atoms with Crippen molar-refractivity contribution in [3.05, 3.63) is 41.6 Å². The highest BCUT2D eigenvalue weighted by Crippen LogP contribution is 2.25. The molecule has 0 bridgehead atoms. The molecule has 0 aliphatic rings. The number of aromatic nitrogens is 4. The monoisotopic (exact) mass is 292 g/mol. The summed E-state index contributed by atoms with van der Waals surface area (Å²) in [7, 11) is 1.88. The van der Waals surface area contributed by atoms with E-state index in [1.54, 1.807) is 16.8 Å². The Kier molecular flexibility index (Phi) is 3.22. The summed E-state index contributed by atoms with van der Waals surface area (Å²) in [6.45, 7) is 2.04. The highest BCUT2D eigenvalue weighted by molar-refractivity contribution is 6.17. The molecule has 3 aromatic rings. The Morgan fingerprint density at radius 1 is 1.25 bits per heavy atom. The summed E-state index contributed by atoms with van der Waals surface area (Å²) in [4.78, 5) is 4.58. The molecule has 6 heteroatoms. The van der Waals surface area contributed by atoms with Crippen molar-refractivity contribution in [1.29, 1.82) is 0 Å². The molecule has 0 N–H and O–H groups in total. The summed E-state index contributed by atoms with van der Waals surface area (Å²) in [5.41, 5.74) is 3.50. The third-order valence-corrected chi connectivity index (χ3v) is 3.55. The van der Waals surface area contributed by atoms with E-state index in [4.69, 9.17) is 11.6 Å². The molecule has 3 rings (SSSR count). The van der Waals surface area contributed by atoms with Gasteiger partial charge in [0.1, 0.15) is 17.2 Å². The van der Waals surface area contributed by atoms with Crippen LogP contribution in [-0.2, 0) is 19.3 Å². The first-order chi connectivity index (χ1) is 9.65. The normalized spacial score (nSPS) is 11.4. The molecule has 0 fully saturated rings. The average molecular weight is 293 g/mol. The maximum atomic E-state index is 13.1. The van der Waals surface area contributed by atoms with Gasteiger partial charge in [-0.1, -0.05) is 6.92 Å². The lowest BCUT2D eigenvalue weighted by atomic mass is 10.3. The van der Waals surface area contributed by atoms with Crippen LogP contribution in [0.15, 0.2) is 24.3 Å². The van der Waals surface area contributed by atoms with E-state index in [0.717, 1.165) is 34.8 Å². The Labute approximate surface area is 120 Å². The van der Waals surface area contributed by atoms with Crippen LogP contribution in [0.25, 0.3) is 16.9 Å². The fourth-order valence-electron chi connectivity index (χ4n) is 2.41. The van der Waals surface area contributed by atoms with E-state index in [9.17, 15) is 4.39 Å². The van der Waals surface area contributed by atoms with Gasteiger partial charge in [0.25, 0.3) is 0 Å². The van der Waals surface area contributed by atoms with Crippen LogP contribution < -0.4 is 0 Å². The lowest BCUT2D eigenvalue weighted by Crippen LogP contribution is -2.04. The summed E-state index contributed by atoms with van der Waals surface area (Å²) < 4.78 is 16.8. The van der Waals surface area contributed by atoms with Gasteiger partial charge in [-0.2, -0.15) is 5.10 Å². The highest BCUT2D eigenvalue weighted by atomic mass is 35.5. The fraction of sp³-hybridized carbons (Fsp3) is 0.286. The van der Waals surface area contributed by atoms with Crippen LogP contribution in [0, 0.1) is 5.82 Å². The van der Waals surface area contributed by atoms with Crippen LogP contribution >= 0.6 is 11.6 Å². The second-order valence-corrected chi connectivity index (χ2v) is 4.84. The van der Waals surface area contributed by atoms with Gasteiger partial charge in [0.05, 0.1) is 11.6 Å². The maximum Gasteiger partial charge on any atom is 0.163 e. The first-order valence-electron chi connectivity index (χ1n) is 6.40. The van der Waals surface area contributed by atoms with Crippen molar-refractivity contribution in [1.82, 2.24) is 19.3 Å². The minimum Gasteiger partial charge on any atom is -0.280 e. The van der Waals surface area contributed by atoms with Crippen LogP contribution in [0.3, 0.4) is 0 Å². The van der Waals surface area contributed by atoms with E-state index in [1.807, 2.05) is 18.5 Å². The Bertz CT molecular complexity index is 758. The zero-order chi connectivity index (χ0) is 14.3. The third kappa shape index (κ3) is 1.89. The number of nitrogens with zero attached hydrogens (tertiary/aromatic N) is 4. The molecule has 2 aromatic heterocycles. The predicted octanol–water partition coefficient (Wildman–Crippen LogP) is 3.20. The molecule has 2 heterocycles. The molecule has 0 amide bonds. The number of alkyl halides is 1. The van der Waals surface area contributed by atoms with Gasteiger partial charge in [0.15, 0.2) is 5.65 Å². The fourth-order valence-corrected chi connectivity index (χ4v) is 2.59. The van der Waals surface area contributed by atoms with Crippen LogP contribution in [0.2, 0.25) is 0 Å². The molecule has 104 valence electrons. The Balaban J connectivity index is 2.32. The predicted molar refractivity (Wildman–Crippen MR) is 76.7 cm³/mol. The van der Waals surface area contributed by atoms with E-state index in [2.05, 4.69) is 10.1 Å². The molecular weight excluding hydrogens is 279 g/mol. The van der Waals surface area contributed by atoms with Gasteiger partial charge < -0.3 is 0 Å². The van der Waals surface area contributed by atoms with E-state index in [0.29, 0.717) is 0 Å². The molecule has 0 atom stereocenters. The van der Waals surface area contributed by atoms with Gasteiger partial charge >= 0.3 is 0 Å². The number of fused-ring (bicyclic) bond motifs is 1. The molecule has 20 heavy (non-hydrogen) atoms. The molecule has 0 aliphatic carbocycles. The summed E-state index contributed by atoms with van der Waals surface area (Å²) in [6, 6.07) is 6.28. The lowest BCUT2D eigenvalue weighted by molar-refractivity contribution is 0.627. The van der Waals surface area contributed by atoms with E-state index < -0.39 is 0 Å². The van der Waals surface area contributed by atoms with Gasteiger partial charge in [-0.25, -0.2) is 14.1 Å². The number of aryl methyl sites for hydroxylation is 2. The number of halogens is 2. The number of rotatable bonds is 3. The van der Waals surface area contributed by atoms with Crippen molar-refractivity contribution < 1.29 is 4.39 Å². The van der Waals surface area contributed by atoms with Gasteiger partial charge in [-0.05, 0) is 30.7 Å². The second-order valence-electron chi connectivity index (χ2n) is 4.57. The number of hydrogen-bond donors (Lipinski definition) is 0. The zero-order valence-electron chi connectivity index (χ0n) is 11.3. The molecule has 0 spiro atoms. The molecule has 0 saturated heterocycles. The molecule has 0 saturated carbocycles. The first kappa shape index (κ1) is 13.1. The molecular formula is C14H14ClFN4. The Morgan fingerprint density at radius 3 is 2.55 bits per heavy atom. The van der Waals surface area contributed by atoms with Crippen molar-refractivity contribution >= 4 is 22.8 Å². The van der Waals surface area contributed by atoms with E-state index in [-0.39, 0.29) is 11.7 Å². The second kappa shape index (κ2) is 4.90. The smallest absolute Gasteiger partial charge is 0.163 e. The summed E-state index contributed by atoms with van der Waals surface area (Å²) in [6.07, 6.45) is 0.805. The van der Waals surface area contributed by atoms with Crippen molar-refractivity contribution in [2.75, 3.05) is 0 Å². The van der Waals surface area contributed by atoms with E-state index in [1.165, 1.54) is 12.1 Å². The standard InChI is InChI=1S/C14H14ClFN4/c1-3-11-13-14(19(2)18-11)20(12(8-15)17-13)10-6-4-9(16)5-7-10/h4-7H,3,8H2,1-2H3. The van der Waals surface area contributed by atoms with Crippen LogP contribution in [-0.4, -0.2) is 19.3 Å². The topological polar surface area (TPSA) is 35.6 Å². The van der Waals surface area contributed by atoms with Gasteiger partial charge in [0.2, 0.25) is 0 Å². The number of hydrogen-bond acceptors (Lipinski definition) is 2. The third-order valence-electron chi connectivity index (χ3n) is 3.31. The minimum absolute atomic E-state index is 0.267. The maximum absolute atomic E-state index is 13.1. The van der Waals surface area contributed by atoms with Crippen LogP contribution in [0.1, 0.15) is 18.4 Å². The van der Waals surface area contributed by atoms with Gasteiger partial charge in [-0.3, -0.25) is 4.57 Å². The minimum atomic E-state index is -0.267. The van der Waals surface area contributed by atoms with Crippen molar-refractivity contribution in [3.8, 4) is 5.69 Å². The Hall–Kier alpha value is -1.88. The van der Waals surface area contributed by atoms with Gasteiger partial charge in [0, 0.05) is 12.7 Å². The van der Waals surface area contributed by atoms with Crippen molar-refractivity contribution in [2.45, 2.75) is 19.2 Å². The zero-order valence-corrected chi connectivity index (χ0v) is 12.0. The molecule has 0 unspecified atom stereocenters. The summed E-state index contributed by atoms with van der Waals surface area (Å²) in [5.74, 6) is 0.752. The SMILES string of the molecule is CCc1nn(C)c2c1nc(CCl)n2-c1ccc(F)cc1. The van der Waals surface area contributed by atoms with Crippen LogP contribution in [0.4, 0.5) is 4.39 Å². The van der Waals surface area contributed by atoms with Crippen LogP contribution in [0.5, 0.6) is 0 Å².